The van der Waals surface area contributed by atoms with Crippen LogP contribution < -0.4 is 0 Å². The van der Waals surface area contributed by atoms with Gasteiger partial charge in [0, 0.05) is 5.92 Å². The van der Waals surface area contributed by atoms with Gasteiger partial charge in [0.25, 0.3) is 0 Å². The molecule has 0 aliphatic heterocycles. The van der Waals surface area contributed by atoms with Crippen LogP contribution in [0.2, 0.25) is 0 Å². The molecule has 0 saturated heterocycles. The number of ketones is 1. The minimum atomic E-state index is 0.401. The van der Waals surface area contributed by atoms with Crippen molar-refractivity contribution < 1.29 is 4.79 Å². The van der Waals surface area contributed by atoms with Crippen molar-refractivity contribution in [2.45, 2.75) is 46.0 Å². The Morgan fingerprint density at radius 1 is 1.45 bits per heavy atom. The Morgan fingerprint density at radius 2 is 2.09 bits per heavy atom. The highest BCUT2D eigenvalue weighted by atomic mass is 16.1. The normalized spacial score (nSPS) is 29.6. The average Bonchev–Trinajstić information content (AvgIpc) is 1.84. The molecule has 11 heavy (non-hydrogen) atoms. The van der Waals surface area contributed by atoms with Crippen LogP contribution in [-0.2, 0) is 4.79 Å². The van der Waals surface area contributed by atoms with Crippen molar-refractivity contribution in [2.24, 2.45) is 11.8 Å². The summed E-state index contributed by atoms with van der Waals surface area (Å²) >= 11 is 0. The number of unbranched alkanes of at least 4 members (excludes halogenated alkanes) is 1. The topological polar surface area (TPSA) is 17.1 Å². The number of carbonyl (C=O) groups excluding carboxylic acids is 1. The predicted molar refractivity (Wildman–Crippen MR) is 46.4 cm³/mol. The molecule has 1 rings (SSSR count). The molecule has 1 saturated carbocycles. The monoisotopic (exact) mass is 154 g/mol. The smallest absolute Gasteiger partial charge is 0.132 e. The summed E-state index contributed by atoms with van der Waals surface area (Å²) in [4.78, 5) is 10.8. The molecule has 64 valence electrons. The van der Waals surface area contributed by atoms with Crippen LogP contribution in [-0.4, -0.2) is 5.78 Å². The van der Waals surface area contributed by atoms with E-state index < -0.39 is 0 Å². The van der Waals surface area contributed by atoms with Gasteiger partial charge in [-0.3, -0.25) is 4.79 Å². The summed E-state index contributed by atoms with van der Waals surface area (Å²) < 4.78 is 0. The van der Waals surface area contributed by atoms with Gasteiger partial charge in [0.1, 0.15) is 5.78 Å². The average molecular weight is 154 g/mol. The molecular weight excluding hydrogens is 136 g/mol. The lowest BCUT2D eigenvalue weighted by atomic mass is 9.71. The summed E-state index contributed by atoms with van der Waals surface area (Å²) in [5, 5.41) is 0. The standard InChI is InChI=1S/C10H18O/c1-3-4-5-9-6-10(7-9)8(2)11/h9-10H,3-7H2,1-2H3. The van der Waals surface area contributed by atoms with Crippen molar-refractivity contribution in [2.75, 3.05) is 0 Å². The van der Waals surface area contributed by atoms with Gasteiger partial charge in [-0.1, -0.05) is 26.2 Å². The zero-order valence-electron chi connectivity index (χ0n) is 7.60. The largest absolute Gasteiger partial charge is 0.300 e. The van der Waals surface area contributed by atoms with E-state index in [1.54, 1.807) is 6.92 Å². The lowest BCUT2D eigenvalue weighted by Crippen LogP contribution is -2.28. The van der Waals surface area contributed by atoms with E-state index in [0.717, 1.165) is 5.92 Å². The van der Waals surface area contributed by atoms with Gasteiger partial charge >= 0.3 is 0 Å². The van der Waals surface area contributed by atoms with Crippen LogP contribution in [0.5, 0.6) is 0 Å². The fraction of sp³-hybridized carbons (Fsp3) is 0.900. The Hall–Kier alpha value is -0.330. The van der Waals surface area contributed by atoms with Crippen LogP contribution in [0, 0.1) is 11.8 Å². The summed E-state index contributed by atoms with van der Waals surface area (Å²) in [6.07, 6.45) is 6.33. The van der Waals surface area contributed by atoms with Gasteiger partial charge < -0.3 is 0 Å². The Morgan fingerprint density at radius 3 is 2.55 bits per heavy atom. The molecule has 0 radical (unpaired) electrons. The first-order chi connectivity index (χ1) is 5.24. The summed E-state index contributed by atoms with van der Waals surface area (Å²) in [6, 6.07) is 0. The van der Waals surface area contributed by atoms with E-state index >= 15 is 0 Å². The maximum absolute atomic E-state index is 10.8. The summed E-state index contributed by atoms with van der Waals surface area (Å²) in [5.74, 6) is 1.71. The second kappa shape index (κ2) is 3.89. The number of carbonyl (C=O) groups is 1. The Labute approximate surface area is 69.2 Å². The second-order valence-electron chi connectivity index (χ2n) is 3.79. The van der Waals surface area contributed by atoms with E-state index in [0.29, 0.717) is 11.7 Å². The van der Waals surface area contributed by atoms with Gasteiger partial charge in [-0.15, -0.1) is 0 Å². The van der Waals surface area contributed by atoms with Crippen molar-refractivity contribution in [3.05, 3.63) is 0 Å². The zero-order chi connectivity index (χ0) is 8.27. The van der Waals surface area contributed by atoms with E-state index in [9.17, 15) is 4.79 Å². The Kier molecular flexibility index (Phi) is 3.10. The summed E-state index contributed by atoms with van der Waals surface area (Å²) in [7, 11) is 0. The van der Waals surface area contributed by atoms with Crippen molar-refractivity contribution in [3.8, 4) is 0 Å². The molecule has 1 nitrogen and oxygen atoms in total. The van der Waals surface area contributed by atoms with E-state index in [2.05, 4.69) is 6.92 Å². The van der Waals surface area contributed by atoms with Crippen LogP contribution in [0.25, 0.3) is 0 Å². The van der Waals surface area contributed by atoms with Crippen molar-refractivity contribution in [1.29, 1.82) is 0 Å². The van der Waals surface area contributed by atoms with Crippen molar-refractivity contribution in [3.63, 3.8) is 0 Å². The fourth-order valence-corrected chi connectivity index (χ4v) is 1.80. The molecule has 0 amide bonds. The van der Waals surface area contributed by atoms with Gasteiger partial charge in [-0.05, 0) is 25.7 Å². The van der Waals surface area contributed by atoms with Gasteiger partial charge in [0.15, 0.2) is 0 Å². The van der Waals surface area contributed by atoms with Crippen LogP contribution in [0.4, 0.5) is 0 Å². The molecular formula is C10H18O. The molecule has 0 unspecified atom stereocenters. The minimum absolute atomic E-state index is 0.401. The first-order valence-electron chi connectivity index (χ1n) is 4.74. The third kappa shape index (κ3) is 2.32. The highest BCUT2D eigenvalue weighted by molar-refractivity contribution is 5.79. The van der Waals surface area contributed by atoms with E-state index in [4.69, 9.17) is 0 Å². The fourth-order valence-electron chi connectivity index (χ4n) is 1.80. The van der Waals surface area contributed by atoms with Crippen molar-refractivity contribution in [1.82, 2.24) is 0 Å². The lowest BCUT2D eigenvalue weighted by molar-refractivity contribution is -0.124. The number of hydrogen-bond donors (Lipinski definition) is 0. The molecule has 1 aliphatic rings. The SMILES string of the molecule is CCCCC1CC(C(C)=O)C1. The molecule has 0 aromatic rings. The molecule has 0 aromatic heterocycles. The minimum Gasteiger partial charge on any atom is -0.300 e. The highest BCUT2D eigenvalue weighted by Gasteiger charge is 2.31. The van der Waals surface area contributed by atoms with E-state index in [1.807, 2.05) is 0 Å². The molecule has 1 fully saturated rings. The van der Waals surface area contributed by atoms with E-state index in [-0.39, 0.29) is 0 Å². The molecule has 1 aliphatic carbocycles. The van der Waals surface area contributed by atoms with Gasteiger partial charge in [0.05, 0.1) is 0 Å². The van der Waals surface area contributed by atoms with Crippen LogP contribution in [0.3, 0.4) is 0 Å². The number of Topliss-reactive ketones (excluding diaryl/α,β-unsaturated/α-hetero) is 1. The molecule has 0 atom stereocenters. The summed E-state index contributed by atoms with van der Waals surface area (Å²) in [6.45, 7) is 3.95. The first-order valence-corrected chi connectivity index (χ1v) is 4.74. The number of hydrogen-bond acceptors (Lipinski definition) is 1. The second-order valence-corrected chi connectivity index (χ2v) is 3.79. The van der Waals surface area contributed by atoms with E-state index in [1.165, 1.54) is 32.1 Å². The summed E-state index contributed by atoms with van der Waals surface area (Å²) in [5.41, 5.74) is 0. The number of rotatable bonds is 4. The van der Waals surface area contributed by atoms with Crippen LogP contribution >= 0.6 is 0 Å². The third-order valence-corrected chi connectivity index (χ3v) is 2.78. The van der Waals surface area contributed by atoms with Crippen LogP contribution in [0.15, 0.2) is 0 Å². The Balaban J connectivity index is 2.05. The molecule has 0 aromatic carbocycles. The van der Waals surface area contributed by atoms with Gasteiger partial charge in [0.2, 0.25) is 0 Å². The molecule has 0 heterocycles. The van der Waals surface area contributed by atoms with Crippen LogP contribution in [0.1, 0.15) is 46.0 Å². The lowest BCUT2D eigenvalue weighted by Gasteiger charge is -2.33. The van der Waals surface area contributed by atoms with Crippen molar-refractivity contribution >= 4 is 5.78 Å². The maximum Gasteiger partial charge on any atom is 0.132 e. The molecule has 1 heteroatoms. The zero-order valence-corrected chi connectivity index (χ0v) is 7.60. The molecule has 0 spiro atoms. The van der Waals surface area contributed by atoms with Gasteiger partial charge in [-0.2, -0.15) is 0 Å². The molecule has 0 N–H and O–H groups in total. The first kappa shape index (κ1) is 8.76. The predicted octanol–water partition coefficient (Wildman–Crippen LogP) is 2.79. The maximum atomic E-state index is 10.8. The quantitative estimate of drug-likeness (QED) is 0.608. The highest BCUT2D eigenvalue weighted by Crippen LogP contribution is 2.37. The molecule has 0 bridgehead atoms. The third-order valence-electron chi connectivity index (χ3n) is 2.78. The Bertz CT molecular complexity index is 134. The van der Waals surface area contributed by atoms with Gasteiger partial charge in [-0.25, -0.2) is 0 Å².